The number of fused-ring (bicyclic) bond motifs is 4. The van der Waals surface area contributed by atoms with Crippen LogP contribution in [0.5, 0.6) is 5.75 Å². The lowest BCUT2D eigenvalue weighted by Crippen LogP contribution is -2.17. The van der Waals surface area contributed by atoms with E-state index < -0.39 is 0 Å². The summed E-state index contributed by atoms with van der Waals surface area (Å²) in [5.74, 6) is 1.33. The van der Waals surface area contributed by atoms with E-state index in [2.05, 4.69) is 138 Å². The van der Waals surface area contributed by atoms with Crippen LogP contribution in [0.3, 0.4) is 0 Å². The molecule has 2 atom stereocenters. The predicted octanol–water partition coefficient (Wildman–Crippen LogP) is 12.2. The molecule has 2 heterocycles. The molecule has 9 rings (SSSR count). The van der Waals surface area contributed by atoms with Gasteiger partial charge in [-0.25, -0.2) is 4.98 Å². The van der Waals surface area contributed by atoms with Gasteiger partial charge in [0.1, 0.15) is 17.4 Å². The van der Waals surface area contributed by atoms with Crippen LogP contribution in [0.25, 0.3) is 38.9 Å². The lowest BCUT2D eigenvalue weighted by atomic mass is 9.86. The van der Waals surface area contributed by atoms with Crippen molar-refractivity contribution in [2.75, 3.05) is 4.90 Å². The van der Waals surface area contributed by atoms with Crippen LogP contribution >= 0.6 is 0 Å². The third-order valence-electron chi connectivity index (χ3n) is 9.54. The molecule has 244 valence electrons. The van der Waals surface area contributed by atoms with Gasteiger partial charge in [-0.15, -0.1) is 0 Å². The van der Waals surface area contributed by atoms with Gasteiger partial charge in [-0.1, -0.05) is 140 Å². The topological polar surface area (TPSA) is 38.5 Å². The van der Waals surface area contributed by atoms with Crippen LogP contribution in [0.2, 0.25) is 0 Å². The molecular formula is C47H34N2O2. The number of anilines is 3. The molecule has 0 radical (unpaired) electrons. The molecular weight excluding hydrogens is 625 g/mol. The molecule has 51 heavy (non-hydrogen) atoms. The first-order chi connectivity index (χ1) is 25.3. The lowest BCUT2D eigenvalue weighted by molar-refractivity contribution is 0.272. The molecule has 0 fully saturated rings. The Morgan fingerprint density at radius 3 is 1.75 bits per heavy atom. The molecule has 1 aromatic heterocycles. The van der Waals surface area contributed by atoms with E-state index in [1.54, 1.807) is 0 Å². The number of rotatable bonds is 6. The standard InChI is InChI=1S/C47H34N2O2/c1-2-10-18-41(47-48-42-19-12-13-20-43(42)51-47)46-40-31-30-39(32-45(40)50-44(46)21-11-3-1)49(37-26-22-35(23-27-37)33-14-6-4-7-15-33)38-28-24-36(25-29-38)34-16-8-5-9-17-34/h1-32,44,46H/b3-1-,10-2-,21-11+,41-18+. The van der Waals surface area contributed by atoms with Gasteiger partial charge in [-0.2, -0.15) is 0 Å². The maximum absolute atomic E-state index is 6.80. The van der Waals surface area contributed by atoms with Gasteiger partial charge < -0.3 is 14.1 Å². The Hall–Kier alpha value is -6.65. The molecule has 0 bridgehead atoms. The third-order valence-corrected chi connectivity index (χ3v) is 9.54. The van der Waals surface area contributed by atoms with Crippen LogP contribution in [0.15, 0.2) is 199 Å². The zero-order valence-electron chi connectivity index (χ0n) is 27.8. The summed E-state index contributed by atoms with van der Waals surface area (Å²) in [6.07, 6.45) is 14.2. The van der Waals surface area contributed by atoms with Crippen molar-refractivity contribution >= 4 is 33.7 Å². The van der Waals surface area contributed by atoms with Crippen molar-refractivity contribution in [3.8, 4) is 28.0 Å². The molecule has 4 heteroatoms. The van der Waals surface area contributed by atoms with Crippen LogP contribution in [0.1, 0.15) is 17.4 Å². The maximum Gasteiger partial charge on any atom is 0.224 e. The third kappa shape index (κ3) is 5.98. The highest BCUT2D eigenvalue weighted by Gasteiger charge is 2.38. The van der Waals surface area contributed by atoms with Gasteiger partial charge in [0.25, 0.3) is 0 Å². The molecule has 0 N–H and O–H groups in total. The lowest BCUT2D eigenvalue weighted by Gasteiger charge is -2.26. The van der Waals surface area contributed by atoms with Gasteiger partial charge >= 0.3 is 0 Å². The van der Waals surface area contributed by atoms with E-state index >= 15 is 0 Å². The number of ether oxygens (including phenoxy) is 1. The smallest absolute Gasteiger partial charge is 0.224 e. The van der Waals surface area contributed by atoms with Crippen molar-refractivity contribution in [1.82, 2.24) is 4.98 Å². The molecule has 4 nitrogen and oxygen atoms in total. The Labute approximate surface area is 297 Å². The van der Waals surface area contributed by atoms with Crippen LogP contribution < -0.4 is 9.64 Å². The Morgan fingerprint density at radius 2 is 1.08 bits per heavy atom. The zero-order valence-corrected chi connectivity index (χ0v) is 27.8. The molecule has 0 saturated heterocycles. The molecule has 2 aliphatic rings. The normalized spacial score (nSPS) is 19.2. The molecule has 6 aromatic carbocycles. The van der Waals surface area contributed by atoms with E-state index in [1.807, 2.05) is 60.7 Å². The van der Waals surface area contributed by atoms with Crippen molar-refractivity contribution in [1.29, 1.82) is 0 Å². The Bertz CT molecular complexity index is 2320. The fourth-order valence-corrected chi connectivity index (χ4v) is 7.05. The molecule has 0 saturated carbocycles. The van der Waals surface area contributed by atoms with E-state index in [0.29, 0.717) is 5.89 Å². The van der Waals surface area contributed by atoms with Crippen LogP contribution in [-0.2, 0) is 0 Å². The first-order valence-electron chi connectivity index (χ1n) is 17.3. The average molecular weight is 659 g/mol. The van der Waals surface area contributed by atoms with Gasteiger partial charge in [-0.05, 0) is 70.8 Å². The van der Waals surface area contributed by atoms with Gasteiger partial charge in [0, 0.05) is 34.3 Å². The second-order valence-electron chi connectivity index (χ2n) is 12.7. The number of para-hydroxylation sites is 2. The summed E-state index contributed by atoms with van der Waals surface area (Å²) in [7, 11) is 0. The van der Waals surface area contributed by atoms with E-state index in [-0.39, 0.29) is 12.0 Å². The Balaban J connectivity index is 1.14. The van der Waals surface area contributed by atoms with Crippen LogP contribution in [0.4, 0.5) is 17.1 Å². The van der Waals surface area contributed by atoms with E-state index in [0.717, 1.165) is 45.0 Å². The fraction of sp³-hybridized carbons (Fsp3) is 0.0426. The first kappa shape index (κ1) is 30.4. The van der Waals surface area contributed by atoms with Crippen molar-refractivity contribution < 1.29 is 9.15 Å². The molecule has 1 aliphatic carbocycles. The molecule has 0 spiro atoms. The van der Waals surface area contributed by atoms with Gasteiger partial charge in [0.15, 0.2) is 5.58 Å². The van der Waals surface area contributed by atoms with Crippen molar-refractivity contribution in [2.45, 2.75) is 12.0 Å². The average Bonchev–Trinajstić information content (AvgIpc) is 3.79. The van der Waals surface area contributed by atoms with Gasteiger partial charge in [0.2, 0.25) is 5.89 Å². The minimum absolute atomic E-state index is 0.113. The summed E-state index contributed by atoms with van der Waals surface area (Å²) in [5, 5.41) is 0. The number of aromatic nitrogens is 1. The summed E-state index contributed by atoms with van der Waals surface area (Å²) >= 11 is 0. The second-order valence-corrected chi connectivity index (χ2v) is 12.7. The summed E-state index contributed by atoms with van der Waals surface area (Å²) in [6.45, 7) is 0. The Morgan fingerprint density at radius 1 is 0.510 bits per heavy atom. The van der Waals surface area contributed by atoms with Crippen molar-refractivity contribution in [3.05, 3.63) is 206 Å². The maximum atomic E-state index is 6.80. The summed E-state index contributed by atoms with van der Waals surface area (Å²) in [5.41, 5.74) is 11.5. The van der Waals surface area contributed by atoms with Gasteiger partial charge in [-0.3, -0.25) is 0 Å². The quantitative estimate of drug-likeness (QED) is 0.178. The zero-order chi connectivity index (χ0) is 34.0. The molecule has 1 aliphatic heterocycles. The Kier molecular flexibility index (Phi) is 7.95. The van der Waals surface area contributed by atoms with Crippen LogP contribution in [0, 0.1) is 0 Å². The highest BCUT2D eigenvalue weighted by Crippen LogP contribution is 2.49. The van der Waals surface area contributed by atoms with Crippen molar-refractivity contribution in [3.63, 3.8) is 0 Å². The first-order valence-corrected chi connectivity index (χ1v) is 17.3. The van der Waals surface area contributed by atoms with Crippen molar-refractivity contribution in [2.24, 2.45) is 0 Å². The van der Waals surface area contributed by atoms with E-state index in [9.17, 15) is 0 Å². The number of hydrogen-bond donors (Lipinski definition) is 0. The summed E-state index contributed by atoms with van der Waals surface area (Å²) in [4.78, 5) is 7.20. The highest BCUT2D eigenvalue weighted by molar-refractivity contribution is 5.83. The van der Waals surface area contributed by atoms with Gasteiger partial charge in [0.05, 0.1) is 5.92 Å². The SMILES string of the molecule is C1=C\C=C\C2Oc3cc(N(c4ccc(-c5ccccc5)cc4)c4ccc(-c5ccccc5)cc4)ccc3C2/C(c2nc3ccccc3o2)=C\C=C/1. The molecule has 7 aromatic rings. The van der Waals surface area contributed by atoms with E-state index in [1.165, 1.54) is 22.3 Å². The monoisotopic (exact) mass is 658 g/mol. The number of allylic oxidation sites excluding steroid dienone is 6. The minimum atomic E-state index is -0.239. The minimum Gasteiger partial charge on any atom is -0.485 e. The molecule has 0 amide bonds. The largest absolute Gasteiger partial charge is 0.485 e. The molecule has 2 unspecified atom stereocenters. The summed E-state index contributed by atoms with van der Waals surface area (Å²) in [6, 6.07) is 53.0. The number of hydrogen-bond acceptors (Lipinski definition) is 4. The summed E-state index contributed by atoms with van der Waals surface area (Å²) < 4.78 is 13.1. The number of benzene rings is 6. The number of nitrogens with zero attached hydrogens (tertiary/aromatic N) is 2. The number of oxazole rings is 1. The second kappa shape index (κ2) is 13.3. The van der Waals surface area contributed by atoms with Crippen LogP contribution in [-0.4, -0.2) is 11.1 Å². The highest BCUT2D eigenvalue weighted by atomic mass is 16.5. The van der Waals surface area contributed by atoms with E-state index in [4.69, 9.17) is 14.1 Å². The fourth-order valence-electron chi connectivity index (χ4n) is 7.05. The predicted molar refractivity (Wildman–Crippen MR) is 209 cm³/mol.